The average molecular weight is 395 g/mol. The zero-order chi connectivity index (χ0) is 20.3. The normalized spacial score (nSPS) is 13.9. The van der Waals surface area contributed by atoms with Gasteiger partial charge in [0.1, 0.15) is 0 Å². The molecule has 0 radical (unpaired) electrons. The van der Waals surface area contributed by atoms with Crippen LogP contribution in [-0.2, 0) is 10.0 Å². The molecule has 0 saturated heterocycles. The number of sulfonamides is 1. The Bertz CT molecular complexity index is 1030. The van der Waals surface area contributed by atoms with Crippen molar-refractivity contribution < 1.29 is 8.42 Å². The van der Waals surface area contributed by atoms with Crippen molar-refractivity contribution in [3.63, 3.8) is 0 Å². The maximum atomic E-state index is 13.3. The highest BCUT2D eigenvalue weighted by atomic mass is 32.2. The second-order valence-corrected chi connectivity index (χ2v) is 8.82. The van der Waals surface area contributed by atoms with E-state index in [0.717, 1.165) is 27.8 Å². The summed E-state index contributed by atoms with van der Waals surface area (Å²) in [7, 11) is -3.77. The topological polar surface area (TPSA) is 72.2 Å². The first-order valence-corrected chi connectivity index (χ1v) is 10.7. The molecule has 3 N–H and O–H groups in total. The van der Waals surface area contributed by atoms with Gasteiger partial charge >= 0.3 is 0 Å². The van der Waals surface area contributed by atoms with Crippen molar-refractivity contribution in [3.8, 4) is 0 Å². The molecule has 4 nitrogen and oxygen atoms in total. The van der Waals surface area contributed by atoms with Crippen LogP contribution in [0.3, 0.4) is 0 Å². The molecule has 3 aromatic rings. The Morgan fingerprint density at radius 3 is 1.75 bits per heavy atom. The summed E-state index contributed by atoms with van der Waals surface area (Å²) in [6, 6.07) is 21.7. The predicted molar refractivity (Wildman–Crippen MR) is 114 cm³/mol. The van der Waals surface area contributed by atoms with Crippen molar-refractivity contribution >= 4 is 10.0 Å². The van der Waals surface area contributed by atoms with Crippen molar-refractivity contribution in [2.75, 3.05) is 0 Å². The summed E-state index contributed by atoms with van der Waals surface area (Å²) in [5.74, 6) is 0. The van der Waals surface area contributed by atoms with Crippen molar-refractivity contribution in [2.24, 2.45) is 5.73 Å². The van der Waals surface area contributed by atoms with Gasteiger partial charge in [0.15, 0.2) is 0 Å². The molecule has 0 aromatic heterocycles. The van der Waals surface area contributed by atoms with E-state index >= 15 is 0 Å². The molecule has 0 amide bonds. The summed E-state index contributed by atoms with van der Waals surface area (Å²) in [6.45, 7) is 5.61. The Labute approximate surface area is 167 Å². The van der Waals surface area contributed by atoms with Gasteiger partial charge < -0.3 is 5.73 Å². The molecule has 0 heterocycles. The van der Waals surface area contributed by atoms with Crippen LogP contribution < -0.4 is 10.5 Å². The molecule has 5 heteroatoms. The van der Waals surface area contributed by atoms with Crippen LogP contribution in [0.5, 0.6) is 0 Å². The number of nitrogens with two attached hydrogens (primary N) is 1. The summed E-state index contributed by atoms with van der Waals surface area (Å²) in [6.07, 6.45) is 0. The van der Waals surface area contributed by atoms with Crippen LogP contribution in [0.15, 0.2) is 77.7 Å². The first kappa shape index (κ1) is 20.3. The van der Waals surface area contributed by atoms with Crippen LogP contribution >= 0.6 is 0 Å². The molecule has 0 unspecified atom stereocenters. The van der Waals surface area contributed by atoms with Crippen molar-refractivity contribution in [2.45, 2.75) is 37.8 Å². The molecule has 0 bridgehead atoms. The van der Waals surface area contributed by atoms with Crippen LogP contribution in [0, 0.1) is 20.8 Å². The van der Waals surface area contributed by atoms with Gasteiger partial charge in [0.25, 0.3) is 0 Å². The molecule has 0 aliphatic heterocycles. The molecule has 28 heavy (non-hydrogen) atoms. The van der Waals surface area contributed by atoms with E-state index in [1.165, 1.54) is 0 Å². The van der Waals surface area contributed by atoms with E-state index in [1.807, 2.05) is 93.6 Å². The molecule has 3 rings (SSSR count). The highest BCUT2D eigenvalue weighted by Crippen LogP contribution is 2.30. The summed E-state index contributed by atoms with van der Waals surface area (Å²) in [5, 5.41) is 0. The number of rotatable bonds is 6. The van der Waals surface area contributed by atoms with E-state index in [4.69, 9.17) is 5.73 Å². The van der Waals surface area contributed by atoms with Gasteiger partial charge in [-0.05, 0) is 43.0 Å². The second-order valence-electron chi connectivity index (χ2n) is 7.17. The van der Waals surface area contributed by atoms with Crippen LogP contribution in [0.1, 0.15) is 39.9 Å². The highest BCUT2D eigenvalue weighted by Gasteiger charge is 2.29. The van der Waals surface area contributed by atoms with Gasteiger partial charge in [0.05, 0.1) is 17.0 Å². The van der Waals surface area contributed by atoms with Gasteiger partial charge in [-0.15, -0.1) is 0 Å². The van der Waals surface area contributed by atoms with Crippen LogP contribution in [0.4, 0.5) is 0 Å². The molecule has 0 fully saturated rings. The van der Waals surface area contributed by atoms with Crippen LogP contribution in [0.25, 0.3) is 0 Å². The lowest BCUT2D eigenvalue weighted by molar-refractivity contribution is 0.503. The molecular formula is C23H26N2O2S. The summed E-state index contributed by atoms with van der Waals surface area (Å²) in [5.41, 5.74) is 10.7. The fraction of sp³-hybridized carbons (Fsp3) is 0.217. The zero-order valence-electron chi connectivity index (χ0n) is 16.4. The maximum Gasteiger partial charge on any atom is 0.241 e. The van der Waals surface area contributed by atoms with E-state index in [-0.39, 0.29) is 0 Å². The number of hydrogen-bond donors (Lipinski definition) is 2. The zero-order valence-corrected chi connectivity index (χ0v) is 17.2. The first-order chi connectivity index (χ1) is 13.3. The Hall–Kier alpha value is -2.47. The molecule has 2 atom stereocenters. The minimum atomic E-state index is -3.77. The second kappa shape index (κ2) is 8.27. The number of nitrogens with one attached hydrogen (secondary N) is 1. The smallest absolute Gasteiger partial charge is 0.241 e. The standard InChI is InChI=1S/C23H26N2O2S/c1-16-14-17(2)23(18(3)15-16)28(26,27)25-22(20-12-8-5-9-13-20)21(24)19-10-6-4-7-11-19/h4-15,21-22,25H,24H2,1-3H3/t21-,22+/m1/s1. The molecule has 0 saturated carbocycles. The maximum absolute atomic E-state index is 13.3. The monoisotopic (exact) mass is 394 g/mol. The Kier molecular flexibility index (Phi) is 5.98. The molecular weight excluding hydrogens is 368 g/mol. The van der Waals surface area contributed by atoms with Gasteiger partial charge in [-0.2, -0.15) is 0 Å². The highest BCUT2D eigenvalue weighted by molar-refractivity contribution is 7.89. The third kappa shape index (κ3) is 4.33. The lowest BCUT2D eigenvalue weighted by Gasteiger charge is -2.26. The summed E-state index contributed by atoms with van der Waals surface area (Å²) in [4.78, 5) is 0.319. The molecule has 0 spiro atoms. The van der Waals surface area contributed by atoms with E-state index in [9.17, 15) is 8.42 Å². The van der Waals surface area contributed by atoms with Crippen LogP contribution in [-0.4, -0.2) is 8.42 Å². The minimum Gasteiger partial charge on any atom is -0.322 e. The van der Waals surface area contributed by atoms with E-state index in [1.54, 1.807) is 0 Å². The molecule has 3 aromatic carbocycles. The number of benzene rings is 3. The van der Waals surface area contributed by atoms with E-state index in [2.05, 4.69) is 4.72 Å². The molecule has 0 aliphatic rings. The largest absolute Gasteiger partial charge is 0.322 e. The van der Waals surface area contributed by atoms with Crippen molar-refractivity contribution in [1.82, 2.24) is 4.72 Å². The van der Waals surface area contributed by atoms with E-state index < -0.39 is 22.1 Å². The predicted octanol–water partition coefficient (Wildman–Crippen LogP) is 4.33. The van der Waals surface area contributed by atoms with Gasteiger partial charge in [-0.1, -0.05) is 78.4 Å². The Balaban J connectivity index is 2.05. The SMILES string of the molecule is Cc1cc(C)c(S(=O)(=O)N[C@@H](c2ccccc2)[C@H](N)c2ccccc2)c(C)c1. The van der Waals surface area contributed by atoms with Gasteiger partial charge in [-0.3, -0.25) is 0 Å². The minimum absolute atomic E-state index is 0.319. The van der Waals surface area contributed by atoms with Crippen LogP contribution in [0.2, 0.25) is 0 Å². The van der Waals surface area contributed by atoms with Crippen molar-refractivity contribution in [1.29, 1.82) is 0 Å². The summed E-state index contributed by atoms with van der Waals surface area (Å²) < 4.78 is 29.5. The van der Waals surface area contributed by atoms with Gasteiger partial charge in [0, 0.05) is 0 Å². The quantitative estimate of drug-likeness (QED) is 0.653. The lowest BCUT2D eigenvalue weighted by Crippen LogP contribution is -2.36. The average Bonchev–Trinajstić information content (AvgIpc) is 2.66. The third-order valence-electron chi connectivity index (χ3n) is 4.86. The van der Waals surface area contributed by atoms with Gasteiger partial charge in [0.2, 0.25) is 10.0 Å². The summed E-state index contributed by atoms with van der Waals surface area (Å²) >= 11 is 0. The fourth-order valence-corrected chi connectivity index (χ4v) is 5.39. The van der Waals surface area contributed by atoms with Crippen molar-refractivity contribution in [3.05, 3.63) is 101 Å². The Morgan fingerprint density at radius 1 is 0.786 bits per heavy atom. The fourth-order valence-electron chi connectivity index (χ4n) is 3.69. The number of aryl methyl sites for hydroxylation is 3. The lowest BCUT2D eigenvalue weighted by atomic mass is 9.95. The first-order valence-electron chi connectivity index (χ1n) is 9.25. The third-order valence-corrected chi connectivity index (χ3v) is 6.60. The van der Waals surface area contributed by atoms with Gasteiger partial charge in [-0.25, -0.2) is 13.1 Å². The number of hydrogen-bond acceptors (Lipinski definition) is 3. The molecule has 0 aliphatic carbocycles. The Morgan fingerprint density at radius 2 is 1.25 bits per heavy atom. The van der Waals surface area contributed by atoms with E-state index in [0.29, 0.717) is 4.90 Å². The molecule has 146 valence electrons.